The van der Waals surface area contributed by atoms with Crippen LogP contribution in [-0.4, -0.2) is 9.79 Å². The Balaban J connectivity index is 2.70. The van der Waals surface area contributed by atoms with Gasteiger partial charge in [-0.05, 0) is 61.1 Å². The summed E-state index contributed by atoms with van der Waals surface area (Å²) in [6, 6.07) is 9.95. The zero-order chi connectivity index (χ0) is 15.8. The van der Waals surface area contributed by atoms with Crippen LogP contribution in [0.1, 0.15) is 22.3 Å². The number of hydrogen-bond acceptors (Lipinski definition) is 2. The highest BCUT2D eigenvalue weighted by Gasteiger charge is 2.23. The van der Waals surface area contributed by atoms with Crippen LogP contribution in [-0.2, 0) is 4.57 Å². The molecule has 0 amide bonds. The van der Waals surface area contributed by atoms with Crippen LogP contribution in [0.15, 0.2) is 30.3 Å². The second kappa shape index (κ2) is 5.64. The van der Waals surface area contributed by atoms with Gasteiger partial charge in [0.05, 0.1) is 0 Å². The Bertz CT molecular complexity index is 688. The van der Waals surface area contributed by atoms with Gasteiger partial charge in [-0.3, -0.25) is 9.79 Å². The molecule has 2 aromatic carbocycles. The van der Waals surface area contributed by atoms with Gasteiger partial charge >= 0.3 is 7.82 Å². The molecule has 0 atom stereocenters. The zero-order valence-corrected chi connectivity index (χ0v) is 13.4. The van der Waals surface area contributed by atoms with E-state index in [1.54, 1.807) is 0 Å². The molecule has 0 aliphatic carbocycles. The maximum Gasteiger partial charge on any atom is 0.524 e. The van der Waals surface area contributed by atoms with Crippen molar-refractivity contribution < 1.29 is 18.9 Å². The van der Waals surface area contributed by atoms with Crippen molar-refractivity contribution >= 4 is 7.82 Å². The molecule has 0 aliphatic rings. The summed E-state index contributed by atoms with van der Waals surface area (Å²) in [5, 5.41) is 0. The number of phosphoric acid groups is 1. The molecule has 0 aromatic heterocycles. The number of rotatable bonds is 3. The third-order valence-electron chi connectivity index (χ3n) is 3.83. The maximum atomic E-state index is 11.2. The SMILES string of the molecule is Cc1c(C)c(-c2ccccc2)c(C)c(C)c1OP(=O)(O)O. The van der Waals surface area contributed by atoms with Crippen molar-refractivity contribution in [2.24, 2.45) is 0 Å². The Kier molecular flexibility index (Phi) is 4.24. The first-order valence-electron chi connectivity index (χ1n) is 6.63. The molecule has 0 bridgehead atoms. The Morgan fingerprint density at radius 3 is 1.76 bits per heavy atom. The molecule has 0 saturated carbocycles. The quantitative estimate of drug-likeness (QED) is 0.839. The van der Waals surface area contributed by atoms with Crippen LogP contribution in [0.5, 0.6) is 5.75 Å². The van der Waals surface area contributed by atoms with Crippen LogP contribution in [0.25, 0.3) is 11.1 Å². The van der Waals surface area contributed by atoms with Gasteiger partial charge in [-0.15, -0.1) is 0 Å². The molecule has 2 aromatic rings. The van der Waals surface area contributed by atoms with Crippen molar-refractivity contribution in [1.29, 1.82) is 0 Å². The summed E-state index contributed by atoms with van der Waals surface area (Å²) >= 11 is 0. The van der Waals surface area contributed by atoms with E-state index in [-0.39, 0.29) is 5.75 Å². The Morgan fingerprint density at radius 2 is 1.33 bits per heavy atom. The topological polar surface area (TPSA) is 66.8 Å². The zero-order valence-electron chi connectivity index (χ0n) is 12.5. The van der Waals surface area contributed by atoms with E-state index in [0.717, 1.165) is 33.4 Å². The summed E-state index contributed by atoms with van der Waals surface area (Å²) in [6.07, 6.45) is 0. The minimum Gasteiger partial charge on any atom is -0.404 e. The Labute approximate surface area is 124 Å². The molecule has 0 heterocycles. The van der Waals surface area contributed by atoms with Crippen molar-refractivity contribution in [3.8, 4) is 16.9 Å². The second-order valence-electron chi connectivity index (χ2n) is 5.15. The highest BCUT2D eigenvalue weighted by Crippen LogP contribution is 2.45. The van der Waals surface area contributed by atoms with Gasteiger partial charge in [-0.1, -0.05) is 30.3 Å². The molecule has 21 heavy (non-hydrogen) atoms. The molecular formula is C16H19O4P. The lowest BCUT2D eigenvalue weighted by molar-refractivity contribution is 0.282. The van der Waals surface area contributed by atoms with E-state index in [1.165, 1.54) is 0 Å². The van der Waals surface area contributed by atoms with Crippen molar-refractivity contribution in [3.63, 3.8) is 0 Å². The van der Waals surface area contributed by atoms with Gasteiger partial charge in [0.2, 0.25) is 0 Å². The fourth-order valence-corrected chi connectivity index (χ4v) is 3.08. The van der Waals surface area contributed by atoms with Gasteiger partial charge in [0.15, 0.2) is 0 Å². The minimum absolute atomic E-state index is 0.276. The summed E-state index contributed by atoms with van der Waals surface area (Å²) < 4.78 is 16.0. The monoisotopic (exact) mass is 306 g/mol. The van der Waals surface area contributed by atoms with Crippen molar-refractivity contribution in [2.75, 3.05) is 0 Å². The van der Waals surface area contributed by atoms with Gasteiger partial charge < -0.3 is 4.52 Å². The Hall–Kier alpha value is -1.61. The van der Waals surface area contributed by atoms with Gasteiger partial charge in [0, 0.05) is 0 Å². The summed E-state index contributed by atoms with van der Waals surface area (Å²) in [5.41, 5.74) is 5.60. The molecule has 0 saturated heterocycles. The smallest absolute Gasteiger partial charge is 0.404 e. The average Bonchev–Trinajstić information content (AvgIpc) is 2.42. The standard InChI is InChI=1S/C16H19O4P/c1-10-12(3)16(20-21(17,18)19)13(4)11(2)15(10)14-8-6-5-7-9-14/h5-9H,1-4H3,(H2,17,18,19). The van der Waals surface area contributed by atoms with Crippen LogP contribution in [0.3, 0.4) is 0 Å². The summed E-state index contributed by atoms with van der Waals surface area (Å²) in [6.45, 7) is 7.52. The normalized spacial score (nSPS) is 11.5. The lowest BCUT2D eigenvalue weighted by Gasteiger charge is -2.21. The van der Waals surface area contributed by atoms with Crippen LogP contribution in [0, 0.1) is 27.7 Å². The maximum absolute atomic E-state index is 11.2. The molecule has 0 radical (unpaired) electrons. The van der Waals surface area contributed by atoms with Crippen LogP contribution >= 0.6 is 7.82 Å². The second-order valence-corrected chi connectivity index (χ2v) is 6.32. The van der Waals surface area contributed by atoms with E-state index in [0.29, 0.717) is 0 Å². The molecule has 4 nitrogen and oxygen atoms in total. The number of benzene rings is 2. The third kappa shape index (κ3) is 3.18. The predicted molar refractivity (Wildman–Crippen MR) is 83.5 cm³/mol. The van der Waals surface area contributed by atoms with Crippen molar-refractivity contribution in [2.45, 2.75) is 27.7 Å². The van der Waals surface area contributed by atoms with Crippen LogP contribution in [0.2, 0.25) is 0 Å². The fourth-order valence-electron chi connectivity index (χ4n) is 2.57. The van der Waals surface area contributed by atoms with E-state index in [2.05, 4.69) is 0 Å². The predicted octanol–water partition coefficient (Wildman–Crippen LogP) is 4.06. The molecule has 0 aliphatic heterocycles. The van der Waals surface area contributed by atoms with Crippen molar-refractivity contribution in [3.05, 3.63) is 52.6 Å². The van der Waals surface area contributed by atoms with Gasteiger partial charge in [-0.2, -0.15) is 0 Å². The molecule has 0 spiro atoms. The van der Waals surface area contributed by atoms with E-state index >= 15 is 0 Å². The highest BCUT2D eigenvalue weighted by atomic mass is 31.2. The molecule has 112 valence electrons. The summed E-state index contributed by atoms with van der Waals surface area (Å²) in [4.78, 5) is 18.2. The first-order valence-corrected chi connectivity index (χ1v) is 8.16. The van der Waals surface area contributed by atoms with Gasteiger partial charge in [0.1, 0.15) is 5.75 Å². The third-order valence-corrected chi connectivity index (χ3v) is 4.25. The summed E-state index contributed by atoms with van der Waals surface area (Å²) in [7, 11) is -4.57. The molecule has 2 N–H and O–H groups in total. The van der Waals surface area contributed by atoms with Crippen LogP contribution < -0.4 is 4.52 Å². The largest absolute Gasteiger partial charge is 0.524 e. The van der Waals surface area contributed by atoms with Gasteiger partial charge in [0.25, 0.3) is 0 Å². The Morgan fingerprint density at radius 1 is 0.857 bits per heavy atom. The lowest BCUT2D eigenvalue weighted by atomic mass is 9.89. The molecular weight excluding hydrogens is 287 g/mol. The van der Waals surface area contributed by atoms with E-state index in [4.69, 9.17) is 14.3 Å². The molecule has 2 rings (SSSR count). The number of phosphoric ester groups is 1. The van der Waals surface area contributed by atoms with E-state index in [1.807, 2.05) is 58.0 Å². The van der Waals surface area contributed by atoms with E-state index < -0.39 is 7.82 Å². The van der Waals surface area contributed by atoms with Gasteiger partial charge in [-0.25, -0.2) is 4.57 Å². The molecule has 0 unspecified atom stereocenters. The minimum atomic E-state index is -4.57. The summed E-state index contributed by atoms with van der Waals surface area (Å²) in [5.74, 6) is 0.276. The molecule has 0 fully saturated rings. The average molecular weight is 306 g/mol. The number of hydrogen-bond donors (Lipinski definition) is 2. The van der Waals surface area contributed by atoms with Crippen LogP contribution in [0.4, 0.5) is 0 Å². The lowest BCUT2D eigenvalue weighted by Crippen LogP contribution is -2.02. The van der Waals surface area contributed by atoms with Crippen molar-refractivity contribution in [1.82, 2.24) is 0 Å². The first-order chi connectivity index (χ1) is 9.72. The highest BCUT2D eigenvalue weighted by molar-refractivity contribution is 7.46. The molecule has 5 heteroatoms. The first kappa shape index (κ1) is 15.8. The fraction of sp³-hybridized carbons (Fsp3) is 0.250. The van der Waals surface area contributed by atoms with E-state index in [9.17, 15) is 4.57 Å².